The smallest absolute Gasteiger partial charge is 0.141 e. The molecule has 1 aromatic rings. The van der Waals surface area contributed by atoms with E-state index in [0.29, 0.717) is 5.69 Å². The highest BCUT2D eigenvalue weighted by atomic mass is 16.3. The maximum atomic E-state index is 8.98. The van der Waals surface area contributed by atoms with Gasteiger partial charge in [0.05, 0.1) is 0 Å². The normalized spacial score (nSPS) is 8.89. The van der Waals surface area contributed by atoms with Gasteiger partial charge in [-0.3, -0.25) is 4.98 Å². The van der Waals surface area contributed by atoms with Crippen LogP contribution in [0.4, 0.5) is 0 Å². The minimum absolute atomic E-state index is 0.174. The molecule has 9 heavy (non-hydrogen) atoms. The third kappa shape index (κ3) is 1.08. The first-order chi connectivity index (χ1) is 4.34. The summed E-state index contributed by atoms with van der Waals surface area (Å²) in [5.41, 5.74) is 0.525. The van der Waals surface area contributed by atoms with E-state index in [1.165, 1.54) is 6.08 Å². The molecule has 0 bridgehead atoms. The average molecular weight is 121 g/mol. The van der Waals surface area contributed by atoms with Crippen LogP contribution in [-0.4, -0.2) is 10.1 Å². The first-order valence-electron chi connectivity index (χ1n) is 2.61. The summed E-state index contributed by atoms with van der Waals surface area (Å²) < 4.78 is 0. The number of rotatable bonds is 1. The van der Waals surface area contributed by atoms with Crippen LogP contribution in [0.1, 0.15) is 5.69 Å². The molecule has 1 aromatic heterocycles. The molecule has 0 aliphatic carbocycles. The Kier molecular flexibility index (Phi) is 1.49. The third-order valence-corrected chi connectivity index (χ3v) is 1.01. The van der Waals surface area contributed by atoms with E-state index in [0.717, 1.165) is 0 Å². The predicted octanol–water partition coefficient (Wildman–Crippen LogP) is 1.43. The molecule has 1 rings (SSSR count). The van der Waals surface area contributed by atoms with E-state index in [2.05, 4.69) is 11.6 Å². The predicted molar refractivity (Wildman–Crippen MR) is 36.0 cm³/mol. The lowest BCUT2D eigenvalue weighted by Gasteiger charge is -1.92. The minimum atomic E-state index is 0.174. The molecule has 2 nitrogen and oxygen atoms in total. The van der Waals surface area contributed by atoms with Crippen LogP contribution in [0.15, 0.2) is 24.9 Å². The van der Waals surface area contributed by atoms with Crippen LogP contribution in [0.5, 0.6) is 5.75 Å². The van der Waals surface area contributed by atoms with E-state index in [1.807, 2.05) is 0 Å². The van der Waals surface area contributed by atoms with Gasteiger partial charge in [0.1, 0.15) is 11.4 Å². The summed E-state index contributed by atoms with van der Waals surface area (Å²) in [4.78, 5) is 3.83. The van der Waals surface area contributed by atoms with Crippen molar-refractivity contribution in [2.75, 3.05) is 0 Å². The van der Waals surface area contributed by atoms with Crippen LogP contribution in [-0.2, 0) is 0 Å². The summed E-state index contributed by atoms with van der Waals surface area (Å²) >= 11 is 0. The van der Waals surface area contributed by atoms with E-state index >= 15 is 0 Å². The van der Waals surface area contributed by atoms with Crippen molar-refractivity contribution in [2.45, 2.75) is 0 Å². The van der Waals surface area contributed by atoms with E-state index in [-0.39, 0.29) is 5.75 Å². The Morgan fingerprint density at radius 2 is 2.44 bits per heavy atom. The van der Waals surface area contributed by atoms with E-state index in [4.69, 9.17) is 5.11 Å². The molecule has 1 N–H and O–H groups in total. The molecule has 2 heteroatoms. The fraction of sp³-hybridized carbons (Fsp3) is 0. The van der Waals surface area contributed by atoms with E-state index < -0.39 is 0 Å². The molecule has 0 spiro atoms. The molecule has 1 heterocycles. The maximum Gasteiger partial charge on any atom is 0.141 e. The second kappa shape index (κ2) is 2.31. The summed E-state index contributed by atoms with van der Waals surface area (Å²) in [6, 6.07) is 3.24. The van der Waals surface area contributed by atoms with E-state index in [1.54, 1.807) is 18.3 Å². The van der Waals surface area contributed by atoms with E-state index in [9.17, 15) is 0 Å². The highest BCUT2D eigenvalue weighted by Gasteiger charge is 1.91. The Labute approximate surface area is 53.5 Å². The van der Waals surface area contributed by atoms with Gasteiger partial charge in [-0.05, 0) is 18.2 Å². The lowest BCUT2D eigenvalue weighted by atomic mass is 10.3. The first kappa shape index (κ1) is 5.82. The van der Waals surface area contributed by atoms with Crippen LogP contribution in [0.2, 0.25) is 0 Å². The summed E-state index contributed by atoms with van der Waals surface area (Å²) in [6.45, 7) is 3.47. The third-order valence-electron chi connectivity index (χ3n) is 1.01. The number of pyridine rings is 1. The fourth-order valence-electron chi connectivity index (χ4n) is 0.566. The quantitative estimate of drug-likeness (QED) is 0.609. The van der Waals surface area contributed by atoms with Crippen LogP contribution in [0.3, 0.4) is 0 Å². The average Bonchev–Trinajstić information content (AvgIpc) is 1.89. The van der Waals surface area contributed by atoms with Crippen molar-refractivity contribution in [1.82, 2.24) is 4.98 Å². The molecule has 0 aliphatic rings. The van der Waals surface area contributed by atoms with Crippen LogP contribution in [0, 0.1) is 0 Å². The van der Waals surface area contributed by atoms with Gasteiger partial charge in [-0.2, -0.15) is 0 Å². The van der Waals surface area contributed by atoms with Crippen molar-refractivity contribution < 1.29 is 5.11 Å². The van der Waals surface area contributed by atoms with Gasteiger partial charge < -0.3 is 5.11 Å². The highest BCUT2D eigenvalue weighted by Crippen LogP contribution is 2.12. The summed E-state index contributed by atoms with van der Waals surface area (Å²) in [5.74, 6) is 0.174. The molecule has 0 amide bonds. The SMILES string of the molecule is C=Cc1ncccc1O. The summed E-state index contributed by atoms with van der Waals surface area (Å²) in [5, 5.41) is 8.98. The zero-order valence-corrected chi connectivity index (χ0v) is 4.91. The van der Waals surface area contributed by atoms with Crippen molar-refractivity contribution in [2.24, 2.45) is 0 Å². The highest BCUT2D eigenvalue weighted by molar-refractivity contribution is 5.49. The van der Waals surface area contributed by atoms with Crippen LogP contribution >= 0.6 is 0 Å². The molecule has 0 aliphatic heterocycles. The second-order valence-electron chi connectivity index (χ2n) is 1.61. The van der Waals surface area contributed by atoms with Gasteiger partial charge in [0.15, 0.2) is 0 Å². The number of aromatic hydroxyl groups is 1. The van der Waals surface area contributed by atoms with Crippen molar-refractivity contribution in [3.05, 3.63) is 30.6 Å². The van der Waals surface area contributed by atoms with Crippen molar-refractivity contribution >= 4 is 6.08 Å². The molecule has 0 unspecified atom stereocenters. The van der Waals surface area contributed by atoms with Crippen LogP contribution < -0.4 is 0 Å². The molecule has 0 radical (unpaired) electrons. The van der Waals surface area contributed by atoms with Gasteiger partial charge in [0.25, 0.3) is 0 Å². The number of nitrogens with zero attached hydrogens (tertiary/aromatic N) is 1. The van der Waals surface area contributed by atoms with Gasteiger partial charge in [0, 0.05) is 6.20 Å². The standard InChI is InChI=1S/C7H7NO/c1-2-6-7(9)4-3-5-8-6/h2-5,9H,1H2. The lowest BCUT2D eigenvalue weighted by Crippen LogP contribution is -1.77. The lowest BCUT2D eigenvalue weighted by molar-refractivity contribution is 0.471. The molecule has 46 valence electrons. The second-order valence-corrected chi connectivity index (χ2v) is 1.61. The molecule has 0 aromatic carbocycles. The Hall–Kier alpha value is -1.31. The van der Waals surface area contributed by atoms with Crippen molar-refractivity contribution in [1.29, 1.82) is 0 Å². The monoisotopic (exact) mass is 121 g/mol. The summed E-state index contributed by atoms with van der Waals surface area (Å²) in [6.07, 6.45) is 3.12. The first-order valence-corrected chi connectivity index (χ1v) is 2.61. The number of aromatic nitrogens is 1. The summed E-state index contributed by atoms with van der Waals surface area (Å²) in [7, 11) is 0. The zero-order chi connectivity index (χ0) is 6.69. The topological polar surface area (TPSA) is 33.1 Å². The van der Waals surface area contributed by atoms with Gasteiger partial charge in [-0.1, -0.05) is 6.58 Å². The number of hydrogen-bond donors (Lipinski definition) is 1. The largest absolute Gasteiger partial charge is 0.506 e. The molecule has 0 saturated carbocycles. The van der Waals surface area contributed by atoms with Crippen molar-refractivity contribution in [3.8, 4) is 5.75 Å². The Morgan fingerprint density at radius 1 is 1.67 bits per heavy atom. The molecule has 0 atom stereocenters. The Bertz CT molecular complexity index is 220. The molecular weight excluding hydrogens is 114 g/mol. The van der Waals surface area contributed by atoms with Gasteiger partial charge >= 0.3 is 0 Å². The van der Waals surface area contributed by atoms with Gasteiger partial charge in [0.2, 0.25) is 0 Å². The Balaban J connectivity index is 3.15. The van der Waals surface area contributed by atoms with Crippen molar-refractivity contribution in [3.63, 3.8) is 0 Å². The van der Waals surface area contributed by atoms with Crippen LogP contribution in [0.25, 0.3) is 6.08 Å². The molecule has 0 saturated heterocycles. The maximum absolute atomic E-state index is 8.98. The minimum Gasteiger partial charge on any atom is -0.506 e. The molecule has 0 fully saturated rings. The van der Waals surface area contributed by atoms with Gasteiger partial charge in [-0.25, -0.2) is 0 Å². The fourth-order valence-corrected chi connectivity index (χ4v) is 0.566. The molecular formula is C7H7NO. The van der Waals surface area contributed by atoms with Gasteiger partial charge in [-0.15, -0.1) is 0 Å². The Morgan fingerprint density at radius 3 is 2.89 bits per heavy atom. The zero-order valence-electron chi connectivity index (χ0n) is 4.91. The number of hydrogen-bond acceptors (Lipinski definition) is 2.